The number of aliphatic hydroxyl groups is 1. The van der Waals surface area contributed by atoms with Crippen molar-refractivity contribution in [1.29, 1.82) is 0 Å². The molecule has 1 unspecified atom stereocenters. The van der Waals surface area contributed by atoms with E-state index in [0.717, 1.165) is 23.3 Å². The molecule has 2 aromatic rings. The highest BCUT2D eigenvalue weighted by molar-refractivity contribution is 5.44. The average molecular weight is 326 g/mol. The Morgan fingerprint density at radius 2 is 1.70 bits per heavy atom. The fourth-order valence-corrected chi connectivity index (χ4v) is 2.01. The Hall–Kier alpha value is -2.21. The van der Waals surface area contributed by atoms with Crippen LogP contribution < -0.4 is 9.47 Å². The second kappa shape index (κ2) is 6.91. The molecule has 0 bridgehead atoms. The zero-order valence-electron chi connectivity index (χ0n) is 12.7. The first kappa shape index (κ1) is 17.1. The highest BCUT2D eigenvalue weighted by Gasteiger charge is 2.39. The Labute approximate surface area is 132 Å². The Morgan fingerprint density at radius 1 is 1.04 bits per heavy atom. The number of aryl methyl sites for hydroxylation is 1. The molecule has 1 N–H and O–H groups in total. The zero-order valence-corrected chi connectivity index (χ0v) is 12.7. The molecule has 2 aromatic carbocycles. The Kier molecular flexibility index (Phi) is 5.15. The predicted molar refractivity (Wildman–Crippen MR) is 79.5 cm³/mol. The molecule has 23 heavy (non-hydrogen) atoms. The summed E-state index contributed by atoms with van der Waals surface area (Å²) in [6.07, 6.45) is -7.29. The number of benzene rings is 2. The normalized spacial score (nSPS) is 12.8. The minimum Gasteiger partial charge on any atom is -0.493 e. The highest BCUT2D eigenvalue weighted by atomic mass is 19.4. The van der Waals surface area contributed by atoms with Gasteiger partial charge >= 0.3 is 6.18 Å². The Bertz CT molecular complexity index is 651. The maximum absolute atomic E-state index is 12.6. The van der Waals surface area contributed by atoms with Gasteiger partial charge in [-0.25, -0.2) is 0 Å². The molecule has 0 saturated carbocycles. The number of methoxy groups -OCH3 is 1. The number of alkyl halides is 3. The number of rotatable bonds is 5. The number of hydrogen-bond donors (Lipinski definition) is 1. The largest absolute Gasteiger partial charge is 0.493 e. The van der Waals surface area contributed by atoms with Crippen LogP contribution in [0.4, 0.5) is 13.2 Å². The van der Waals surface area contributed by atoms with Crippen LogP contribution in [0.15, 0.2) is 42.5 Å². The van der Waals surface area contributed by atoms with Crippen molar-refractivity contribution in [1.82, 2.24) is 0 Å². The van der Waals surface area contributed by atoms with E-state index in [2.05, 4.69) is 0 Å². The van der Waals surface area contributed by atoms with Gasteiger partial charge in [0, 0.05) is 0 Å². The van der Waals surface area contributed by atoms with E-state index in [1.807, 2.05) is 31.2 Å². The lowest BCUT2D eigenvalue weighted by atomic mass is 10.1. The topological polar surface area (TPSA) is 38.7 Å². The minimum absolute atomic E-state index is 0.147. The minimum atomic E-state index is -4.73. The molecule has 0 aliphatic heterocycles. The molecule has 0 saturated heterocycles. The lowest BCUT2D eigenvalue weighted by molar-refractivity contribution is -0.206. The molecule has 124 valence electrons. The van der Waals surface area contributed by atoms with Gasteiger partial charge in [-0.05, 0) is 30.2 Å². The van der Waals surface area contributed by atoms with Crippen molar-refractivity contribution in [2.75, 3.05) is 7.11 Å². The standard InChI is InChI=1S/C17H17F3O3/c1-11-3-5-12(6-4-11)10-23-15-9-13(7-8-14(15)22-2)16(21)17(18,19)20/h3-9,16,21H,10H2,1-2H3. The molecule has 2 rings (SSSR count). The predicted octanol–water partition coefficient (Wildman–Crippen LogP) is 4.18. The van der Waals surface area contributed by atoms with Crippen molar-refractivity contribution in [2.45, 2.75) is 25.8 Å². The van der Waals surface area contributed by atoms with E-state index < -0.39 is 12.3 Å². The quantitative estimate of drug-likeness (QED) is 0.896. The Morgan fingerprint density at radius 3 is 2.26 bits per heavy atom. The van der Waals surface area contributed by atoms with E-state index in [9.17, 15) is 18.3 Å². The van der Waals surface area contributed by atoms with Crippen molar-refractivity contribution in [3.8, 4) is 11.5 Å². The highest BCUT2D eigenvalue weighted by Crippen LogP contribution is 2.37. The summed E-state index contributed by atoms with van der Waals surface area (Å²) in [5.41, 5.74) is 1.68. The molecular formula is C17H17F3O3. The lowest BCUT2D eigenvalue weighted by Gasteiger charge is -2.17. The van der Waals surface area contributed by atoms with Gasteiger partial charge in [0.1, 0.15) is 6.61 Å². The molecule has 0 fully saturated rings. The van der Waals surface area contributed by atoms with Gasteiger partial charge in [0.05, 0.1) is 7.11 Å². The maximum Gasteiger partial charge on any atom is 0.418 e. The summed E-state index contributed by atoms with van der Waals surface area (Å²) in [6, 6.07) is 11.2. The number of ether oxygens (including phenoxy) is 2. The van der Waals surface area contributed by atoms with Crippen molar-refractivity contribution in [2.24, 2.45) is 0 Å². The van der Waals surface area contributed by atoms with E-state index in [1.165, 1.54) is 13.2 Å². The molecule has 0 heterocycles. The Balaban J connectivity index is 2.20. The van der Waals surface area contributed by atoms with Gasteiger partial charge < -0.3 is 14.6 Å². The molecule has 0 spiro atoms. The third-order valence-electron chi connectivity index (χ3n) is 3.33. The zero-order chi connectivity index (χ0) is 17.0. The van der Waals surface area contributed by atoms with Gasteiger partial charge in [0.25, 0.3) is 0 Å². The van der Waals surface area contributed by atoms with Crippen LogP contribution in [-0.4, -0.2) is 18.4 Å². The number of halogens is 3. The third kappa shape index (κ3) is 4.39. The van der Waals surface area contributed by atoms with E-state index in [0.29, 0.717) is 5.75 Å². The third-order valence-corrected chi connectivity index (χ3v) is 3.33. The summed E-state index contributed by atoms with van der Waals surface area (Å²) in [5.74, 6) is 0.448. The summed E-state index contributed by atoms with van der Waals surface area (Å²) in [5, 5.41) is 9.34. The summed E-state index contributed by atoms with van der Waals surface area (Å²) in [7, 11) is 1.40. The monoisotopic (exact) mass is 326 g/mol. The SMILES string of the molecule is COc1ccc(C(O)C(F)(F)F)cc1OCc1ccc(C)cc1. The van der Waals surface area contributed by atoms with Crippen LogP contribution in [-0.2, 0) is 6.61 Å². The summed E-state index contributed by atoms with van der Waals surface area (Å²) >= 11 is 0. The molecule has 0 aliphatic carbocycles. The number of hydrogen-bond acceptors (Lipinski definition) is 3. The van der Waals surface area contributed by atoms with Gasteiger partial charge in [0.15, 0.2) is 17.6 Å². The second-order valence-electron chi connectivity index (χ2n) is 5.13. The van der Waals surface area contributed by atoms with E-state index in [-0.39, 0.29) is 17.9 Å². The molecule has 0 aromatic heterocycles. The molecule has 0 amide bonds. The van der Waals surface area contributed by atoms with Crippen molar-refractivity contribution in [3.63, 3.8) is 0 Å². The lowest BCUT2D eigenvalue weighted by Crippen LogP contribution is -2.20. The fraction of sp³-hybridized carbons (Fsp3) is 0.294. The summed E-state index contributed by atoms with van der Waals surface area (Å²) in [6.45, 7) is 2.14. The molecule has 0 aliphatic rings. The van der Waals surface area contributed by atoms with Crippen molar-refractivity contribution >= 4 is 0 Å². The van der Waals surface area contributed by atoms with Gasteiger partial charge in [0.2, 0.25) is 0 Å². The van der Waals surface area contributed by atoms with Gasteiger partial charge in [-0.15, -0.1) is 0 Å². The van der Waals surface area contributed by atoms with Crippen LogP contribution in [0.1, 0.15) is 22.8 Å². The fourth-order valence-electron chi connectivity index (χ4n) is 2.01. The van der Waals surface area contributed by atoms with Crippen LogP contribution in [0.25, 0.3) is 0 Å². The summed E-state index contributed by atoms with van der Waals surface area (Å²) in [4.78, 5) is 0. The molecular weight excluding hydrogens is 309 g/mol. The first-order valence-corrected chi connectivity index (χ1v) is 6.92. The van der Waals surface area contributed by atoms with Crippen LogP contribution >= 0.6 is 0 Å². The molecule has 3 nitrogen and oxygen atoms in total. The molecule has 6 heteroatoms. The van der Waals surface area contributed by atoms with Crippen LogP contribution in [0.2, 0.25) is 0 Å². The molecule has 1 atom stereocenters. The van der Waals surface area contributed by atoms with Gasteiger partial charge in [-0.2, -0.15) is 13.2 Å². The van der Waals surface area contributed by atoms with Gasteiger partial charge in [-0.3, -0.25) is 0 Å². The van der Waals surface area contributed by atoms with Gasteiger partial charge in [-0.1, -0.05) is 35.9 Å². The van der Waals surface area contributed by atoms with Crippen LogP contribution in [0.3, 0.4) is 0 Å². The van der Waals surface area contributed by atoms with E-state index in [4.69, 9.17) is 9.47 Å². The van der Waals surface area contributed by atoms with E-state index in [1.54, 1.807) is 0 Å². The van der Waals surface area contributed by atoms with Crippen molar-refractivity contribution < 1.29 is 27.8 Å². The first-order valence-electron chi connectivity index (χ1n) is 6.92. The van der Waals surface area contributed by atoms with E-state index >= 15 is 0 Å². The smallest absolute Gasteiger partial charge is 0.418 e. The summed E-state index contributed by atoms with van der Waals surface area (Å²) < 4.78 is 48.5. The van der Waals surface area contributed by atoms with Crippen LogP contribution in [0.5, 0.6) is 11.5 Å². The van der Waals surface area contributed by atoms with Crippen LogP contribution in [0, 0.1) is 6.92 Å². The average Bonchev–Trinajstić information content (AvgIpc) is 2.52. The molecule has 0 radical (unpaired) electrons. The second-order valence-corrected chi connectivity index (χ2v) is 5.13. The number of aliphatic hydroxyl groups excluding tert-OH is 1. The van der Waals surface area contributed by atoms with Crippen molar-refractivity contribution in [3.05, 3.63) is 59.2 Å². The first-order chi connectivity index (χ1) is 10.8. The maximum atomic E-state index is 12.6.